The van der Waals surface area contributed by atoms with Crippen LogP contribution in [0.1, 0.15) is 9.67 Å². The first-order valence-corrected chi connectivity index (χ1v) is 5.95. The van der Waals surface area contributed by atoms with Gasteiger partial charge in [-0.1, -0.05) is 11.6 Å². The van der Waals surface area contributed by atoms with Gasteiger partial charge in [-0.25, -0.2) is 0 Å². The van der Waals surface area contributed by atoms with Crippen molar-refractivity contribution in [2.75, 3.05) is 10.6 Å². The molecule has 0 bridgehead atoms. The highest BCUT2D eigenvalue weighted by molar-refractivity contribution is 7.12. The molecule has 1 aliphatic rings. The summed E-state index contributed by atoms with van der Waals surface area (Å²) in [5.41, 5.74) is 2.40. The lowest BCUT2D eigenvalue weighted by Gasteiger charge is -2.07. The van der Waals surface area contributed by atoms with Crippen LogP contribution in [0.25, 0.3) is 0 Å². The zero-order valence-corrected chi connectivity index (χ0v) is 9.65. The SMILES string of the molecule is O=C1Nc2cc(Cl)ccc2Nc2ccsc21. The number of fused-ring (bicyclic) bond motifs is 2. The molecule has 1 aliphatic heterocycles. The molecule has 1 aromatic carbocycles. The number of hydrogen-bond donors (Lipinski definition) is 2. The molecule has 0 atom stereocenters. The Labute approximate surface area is 101 Å². The van der Waals surface area contributed by atoms with Crippen LogP contribution in [0.3, 0.4) is 0 Å². The quantitative estimate of drug-likeness (QED) is 0.748. The molecule has 0 unspecified atom stereocenters. The minimum absolute atomic E-state index is 0.0986. The molecule has 2 aromatic rings. The van der Waals surface area contributed by atoms with Crippen LogP contribution in [0.5, 0.6) is 0 Å². The van der Waals surface area contributed by atoms with Crippen molar-refractivity contribution in [1.82, 2.24) is 0 Å². The zero-order chi connectivity index (χ0) is 11.1. The van der Waals surface area contributed by atoms with Crippen LogP contribution in [0.2, 0.25) is 5.02 Å². The molecule has 1 amide bonds. The third-order valence-electron chi connectivity index (χ3n) is 2.37. The van der Waals surface area contributed by atoms with E-state index in [-0.39, 0.29) is 5.91 Å². The van der Waals surface area contributed by atoms with Crippen LogP contribution in [-0.4, -0.2) is 5.91 Å². The molecule has 5 heteroatoms. The maximum Gasteiger partial charge on any atom is 0.267 e. The fourth-order valence-corrected chi connectivity index (χ4v) is 2.55. The summed E-state index contributed by atoms with van der Waals surface area (Å²) in [7, 11) is 0. The van der Waals surface area contributed by atoms with Gasteiger partial charge >= 0.3 is 0 Å². The molecule has 0 saturated heterocycles. The van der Waals surface area contributed by atoms with E-state index in [0.29, 0.717) is 15.6 Å². The van der Waals surface area contributed by atoms with Crippen molar-refractivity contribution < 1.29 is 4.79 Å². The first-order valence-electron chi connectivity index (χ1n) is 4.69. The van der Waals surface area contributed by atoms with Crippen LogP contribution in [0.4, 0.5) is 17.1 Å². The van der Waals surface area contributed by atoms with Gasteiger partial charge in [0.1, 0.15) is 4.88 Å². The third-order valence-corrected chi connectivity index (χ3v) is 3.52. The molecule has 3 nitrogen and oxygen atoms in total. The average molecular weight is 251 g/mol. The summed E-state index contributed by atoms with van der Waals surface area (Å²) in [6, 6.07) is 7.27. The van der Waals surface area contributed by atoms with Crippen molar-refractivity contribution >= 4 is 45.9 Å². The van der Waals surface area contributed by atoms with Gasteiger partial charge in [0.15, 0.2) is 0 Å². The number of rotatable bonds is 0. The van der Waals surface area contributed by atoms with Gasteiger partial charge in [0.2, 0.25) is 0 Å². The van der Waals surface area contributed by atoms with Crippen molar-refractivity contribution in [2.45, 2.75) is 0 Å². The Bertz CT molecular complexity index is 579. The van der Waals surface area contributed by atoms with Crippen LogP contribution < -0.4 is 10.6 Å². The summed E-state index contributed by atoms with van der Waals surface area (Å²) in [6.07, 6.45) is 0. The van der Waals surface area contributed by atoms with Crippen molar-refractivity contribution in [3.8, 4) is 0 Å². The normalized spacial score (nSPS) is 13.2. The molecule has 0 saturated carbocycles. The van der Waals surface area contributed by atoms with Gasteiger partial charge in [0.05, 0.1) is 17.1 Å². The van der Waals surface area contributed by atoms with E-state index in [2.05, 4.69) is 10.6 Å². The molecule has 0 fully saturated rings. The van der Waals surface area contributed by atoms with Gasteiger partial charge < -0.3 is 10.6 Å². The smallest absolute Gasteiger partial charge is 0.267 e. The van der Waals surface area contributed by atoms with Gasteiger partial charge in [-0.05, 0) is 29.6 Å². The van der Waals surface area contributed by atoms with Crippen LogP contribution in [0, 0.1) is 0 Å². The summed E-state index contributed by atoms with van der Waals surface area (Å²) in [5, 5.41) is 8.53. The Morgan fingerprint density at radius 2 is 1.94 bits per heavy atom. The van der Waals surface area contributed by atoms with Crippen LogP contribution in [0.15, 0.2) is 29.6 Å². The maximum atomic E-state index is 11.9. The fraction of sp³-hybridized carbons (Fsp3) is 0. The highest BCUT2D eigenvalue weighted by atomic mass is 35.5. The lowest BCUT2D eigenvalue weighted by molar-refractivity contribution is 0.103. The van der Waals surface area contributed by atoms with E-state index in [1.54, 1.807) is 12.1 Å². The molecular weight excluding hydrogens is 244 g/mol. The van der Waals surface area contributed by atoms with E-state index >= 15 is 0 Å². The Hall–Kier alpha value is -1.52. The Morgan fingerprint density at radius 3 is 2.81 bits per heavy atom. The molecule has 80 valence electrons. The van der Waals surface area contributed by atoms with E-state index in [1.165, 1.54) is 11.3 Å². The maximum absolute atomic E-state index is 11.9. The number of anilines is 3. The fourth-order valence-electron chi connectivity index (χ4n) is 1.64. The lowest BCUT2D eigenvalue weighted by Crippen LogP contribution is -2.08. The minimum Gasteiger partial charge on any atom is -0.352 e. The minimum atomic E-state index is -0.0986. The number of amides is 1. The summed E-state index contributed by atoms with van der Waals surface area (Å²) >= 11 is 7.30. The van der Waals surface area contributed by atoms with Crippen molar-refractivity contribution in [3.63, 3.8) is 0 Å². The van der Waals surface area contributed by atoms with Crippen molar-refractivity contribution in [3.05, 3.63) is 39.5 Å². The Morgan fingerprint density at radius 1 is 1.06 bits per heavy atom. The second-order valence-corrected chi connectivity index (χ2v) is 4.78. The molecule has 2 heterocycles. The van der Waals surface area contributed by atoms with E-state index in [0.717, 1.165) is 11.4 Å². The molecule has 3 rings (SSSR count). The van der Waals surface area contributed by atoms with Gasteiger partial charge in [0, 0.05) is 5.02 Å². The van der Waals surface area contributed by atoms with Gasteiger partial charge in [0.25, 0.3) is 5.91 Å². The van der Waals surface area contributed by atoms with E-state index in [4.69, 9.17) is 11.6 Å². The summed E-state index contributed by atoms with van der Waals surface area (Å²) in [5.74, 6) is -0.0986. The Balaban J connectivity index is 2.16. The molecule has 0 radical (unpaired) electrons. The highest BCUT2D eigenvalue weighted by Crippen LogP contribution is 2.35. The number of carbonyl (C=O) groups excluding carboxylic acids is 1. The molecular formula is C11H7ClN2OS. The standard InChI is InChI=1S/C11H7ClN2OS/c12-6-1-2-7-9(5-6)14-11(15)10-8(13-7)3-4-16-10/h1-5,13H,(H,14,15). The monoisotopic (exact) mass is 250 g/mol. The first kappa shape index (κ1) is 9.69. The number of carbonyl (C=O) groups is 1. The summed E-state index contributed by atoms with van der Waals surface area (Å²) in [4.78, 5) is 12.5. The summed E-state index contributed by atoms with van der Waals surface area (Å²) in [6.45, 7) is 0. The molecule has 1 aromatic heterocycles. The number of halogens is 1. The topological polar surface area (TPSA) is 41.1 Å². The lowest BCUT2D eigenvalue weighted by atomic mass is 10.2. The predicted molar refractivity (Wildman–Crippen MR) is 67.0 cm³/mol. The van der Waals surface area contributed by atoms with Gasteiger partial charge in [-0.3, -0.25) is 4.79 Å². The van der Waals surface area contributed by atoms with E-state index in [9.17, 15) is 4.79 Å². The summed E-state index contributed by atoms with van der Waals surface area (Å²) < 4.78 is 0. The second-order valence-electron chi connectivity index (χ2n) is 3.43. The van der Waals surface area contributed by atoms with Gasteiger partial charge in [-0.2, -0.15) is 0 Å². The van der Waals surface area contributed by atoms with Crippen LogP contribution in [-0.2, 0) is 0 Å². The zero-order valence-electron chi connectivity index (χ0n) is 8.08. The third kappa shape index (κ3) is 1.47. The first-order chi connectivity index (χ1) is 7.74. The van der Waals surface area contributed by atoms with E-state index < -0.39 is 0 Å². The number of nitrogens with one attached hydrogen (secondary N) is 2. The Kier molecular flexibility index (Phi) is 2.12. The number of hydrogen-bond acceptors (Lipinski definition) is 3. The van der Waals surface area contributed by atoms with Crippen molar-refractivity contribution in [1.29, 1.82) is 0 Å². The number of thiophene rings is 1. The largest absolute Gasteiger partial charge is 0.352 e. The molecule has 2 N–H and O–H groups in total. The number of benzene rings is 1. The van der Waals surface area contributed by atoms with E-state index in [1.807, 2.05) is 17.5 Å². The molecule has 16 heavy (non-hydrogen) atoms. The average Bonchev–Trinajstić information content (AvgIpc) is 2.65. The molecule has 0 aliphatic carbocycles. The van der Waals surface area contributed by atoms with Gasteiger partial charge in [-0.15, -0.1) is 11.3 Å². The van der Waals surface area contributed by atoms with Crippen molar-refractivity contribution in [2.24, 2.45) is 0 Å². The van der Waals surface area contributed by atoms with Crippen LogP contribution >= 0.6 is 22.9 Å². The second kappa shape index (κ2) is 3.50. The molecule has 0 spiro atoms. The highest BCUT2D eigenvalue weighted by Gasteiger charge is 2.19. The predicted octanol–water partition coefficient (Wildman–Crippen LogP) is 3.71.